The molecule has 1 amide bonds. The normalized spacial score (nSPS) is 10.9. The van der Waals surface area contributed by atoms with Gasteiger partial charge in [0.05, 0.1) is 12.6 Å². The minimum absolute atomic E-state index is 0.192. The van der Waals surface area contributed by atoms with E-state index in [9.17, 15) is 4.79 Å². The van der Waals surface area contributed by atoms with Crippen LogP contribution in [0.4, 0.5) is 5.82 Å². The number of aromatic nitrogens is 3. The molecule has 0 radical (unpaired) electrons. The molecule has 3 rings (SSSR count). The zero-order chi connectivity index (χ0) is 15.7. The van der Waals surface area contributed by atoms with Gasteiger partial charge < -0.3 is 14.6 Å². The van der Waals surface area contributed by atoms with Crippen molar-refractivity contribution in [3.8, 4) is 5.75 Å². The van der Waals surface area contributed by atoms with Gasteiger partial charge in [-0.1, -0.05) is 6.07 Å². The van der Waals surface area contributed by atoms with Crippen molar-refractivity contribution >= 4 is 22.6 Å². The first kappa shape index (κ1) is 14.2. The molecule has 0 aliphatic heterocycles. The van der Waals surface area contributed by atoms with Gasteiger partial charge in [0.1, 0.15) is 11.4 Å². The van der Waals surface area contributed by atoms with Crippen LogP contribution in [0.2, 0.25) is 0 Å². The van der Waals surface area contributed by atoms with Gasteiger partial charge in [-0.3, -0.25) is 9.48 Å². The molecule has 3 aromatic rings. The smallest absolute Gasteiger partial charge is 0.273 e. The first-order valence-electron chi connectivity index (χ1n) is 7.11. The number of hydrogen-bond donors (Lipinski definition) is 1. The number of aryl methyl sites for hydroxylation is 2. The van der Waals surface area contributed by atoms with Gasteiger partial charge in [-0.2, -0.15) is 5.10 Å². The molecule has 0 aliphatic rings. The van der Waals surface area contributed by atoms with E-state index in [2.05, 4.69) is 10.4 Å². The monoisotopic (exact) mass is 298 g/mol. The zero-order valence-corrected chi connectivity index (χ0v) is 12.8. The Hall–Kier alpha value is -2.76. The maximum Gasteiger partial charge on any atom is 0.273 e. The molecule has 0 saturated carbocycles. The molecule has 0 bridgehead atoms. The Morgan fingerprint density at radius 1 is 1.36 bits per heavy atom. The summed E-state index contributed by atoms with van der Waals surface area (Å²) < 4.78 is 8.97. The van der Waals surface area contributed by atoms with Gasteiger partial charge in [0.15, 0.2) is 5.82 Å². The molecule has 0 spiro atoms. The van der Waals surface area contributed by atoms with Gasteiger partial charge >= 0.3 is 0 Å². The number of carbonyl (C=O) groups excluding carboxylic acids is 1. The average Bonchev–Trinajstić information content (AvgIpc) is 3.12. The van der Waals surface area contributed by atoms with Gasteiger partial charge in [-0.25, -0.2) is 0 Å². The van der Waals surface area contributed by atoms with Crippen LogP contribution in [-0.2, 0) is 13.6 Å². The summed E-state index contributed by atoms with van der Waals surface area (Å²) in [4.78, 5) is 12.5. The third-order valence-corrected chi connectivity index (χ3v) is 3.71. The highest BCUT2D eigenvalue weighted by Gasteiger charge is 2.16. The predicted molar refractivity (Wildman–Crippen MR) is 85.3 cm³/mol. The molecule has 22 heavy (non-hydrogen) atoms. The van der Waals surface area contributed by atoms with Gasteiger partial charge in [0.25, 0.3) is 5.91 Å². The lowest BCUT2D eigenvalue weighted by molar-refractivity contribution is 0.101. The largest absolute Gasteiger partial charge is 0.496 e. The molecule has 0 aliphatic carbocycles. The fourth-order valence-electron chi connectivity index (χ4n) is 2.51. The summed E-state index contributed by atoms with van der Waals surface area (Å²) >= 11 is 0. The zero-order valence-electron chi connectivity index (χ0n) is 12.8. The number of nitrogens with zero attached hydrogens (tertiary/aromatic N) is 3. The maximum atomic E-state index is 12.5. The number of nitrogens with one attached hydrogen (secondary N) is 1. The van der Waals surface area contributed by atoms with E-state index in [0.29, 0.717) is 11.5 Å². The first-order valence-corrected chi connectivity index (χ1v) is 7.11. The van der Waals surface area contributed by atoms with Crippen LogP contribution in [0.25, 0.3) is 10.9 Å². The minimum Gasteiger partial charge on any atom is -0.496 e. The van der Waals surface area contributed by atoms with Crippen LogP contribution in [0.1, 0.15) is 17.4 Å². The van der Waals surface area contributed by atoms with Crippen molar-refractivity contribution in [3.05, 3.63) is 42.2 Å². The van der Waals surface area contributed by atoms with Crippen molar-refractivity contribution in [1.29, 1.82) is 0 Å². The van der Waals surface area contributed by atoms with Crippen LogP contribution in [0.5, 0.6) is 5.75 Å². The molecule has 2 heterocycles. The van der Waals surface area contributed by atoms with E-state index >= 15 is 0 Å². The second-order valence-electron chi connectivity index (χ2n) is 4.99. The first-order chi connectivity index (χ1) is 10.6. The summed E-state index contributed by atoms with van der Waals surface area (Å²) in [6.07, 6.45) is 1.83. The molecule has 0 unspecified atom stereocenters. The van der Waals surface area contributed by atoms with Crippen molar-refractivity contribution in [2.45, 2.75) is 13.5 Å². The second kappa shape index (κ2) is 5.55. The second-order valence-corrected chi connectivity index (χ2v) is 4.99. The fourth-order valence-corrected chi connectivity index (χ4v) is 2.51. The van der Waals surface area contributed by atoms with E-state index in [1.165, 1.54) is 0 Å². The Morgan fingerprint density at radius 3 is 2.86 bits per heavy atom. The number of hydrogen-bond acceptors (Lipinski definition) is 3. The number of anilines is 1. The Balaban J connectivity index is 1.95. The summed E-state index contributed by atoms with van der Waals surface area (Å²) in [7, 11) is 3.49. The van der Waals surface area contributed by atoms with Crippen LogP contribution < -0.4 is 10.1 Å². The van der Waals surface area contributed by atoms with Crippen molar-refractivity contribution in [1.82, 2.24) is 14.3 Å². The van der Waals surface area contributed by atoms with E-state index in [1.54, 1.807) is 17.9 Å². The highest BCUT2D eigenvalue weighted by atomic mass is 16.5. The molecule has 2 aromatic heterocycles. The Kier molecular flexibility index (Phi) is 3.58. The molecular formula is C16H18N4O2. The van der Waals surface area contributed by atoms with E-state index in [-0.39, 0.29) is 5.91 Å². The Labute approximate surface area is 128 Å². The van der Waals surface area contributed by atoms with Crippen LogP contribution in [0.3, 0.4) is 0 Å². The molecule has 1 aromatic carbocycles. The molecule has 6 nitrogen and oxygen atoms in total. The fraction of sp³-hybridized carbons (Fsp3) is 0.250. The number of fused-ring (bicyclic) bond motifs is 1. The Bertz CT molecular complexity index is 832. The van der Waals surface area contributed by atoms with Gasteiger partial charge in [-0.05, 0) is 25.1 Å². The standard InChI is InChI=1S/C16H18N4O2/c1-4-20-9-8-15(18-20)17-16(21)13-10-11-12(19(13)2)6-5-7-14(11)22-3/h5-10H,4H2,1-3H3,(H,17,18,21). The topological polar surface area (TPSA) is 61.1 Å². The van der Waals surface area contributed by atoms with Gasteiger partial charge in [-0.15, -0.1) is 0 Å². The van der Waals surface area contributed by atoms with Crippen LogP contribution >= 0.6 is 0 Å². The number of methoxy groups -OCH3 is 1. The van der Waals surface area contributed by atoms with Crippen molar-refractivity contribution in [3.63, 3.8) is 0 Å². The van der Waals surface area contributed by atoms with E-state index < -0.39 is 0 Å². The van der Waals surface area contributed by atoms with Crippen molar-refractivity contribution < 1.29 is 9.53 Å². The third-order valence-electron chi connectivity index (χ3n) is 3.71. The lowest BCUT2D eigenvalue weighted by Gasteiger charge is -2.04. The molecule has 0 saturated heterocycles. The number of amides is 1. The average molecular weight is 298 g/mol. The van der Waals surface area contributed by atoms with Gasteiger partial charge in [0.2, 0.25) is 0 Å². The number of benzene rings is 1. The SMILES string of the molecule is CCn1ccc(NC(=O)c2cc3c(OC)cccc3n2C)n1. The third kappa shape index (κ3) is 2.32. The van der Waals surface area contributed by atoms with Crippen molar-refractivity contribution in [2.75, 3.05) is 12.4 Å². The molecule has 0 atom stereocenters. The van der Waals surface area contributed by atoms with Crippen LogP contribution in [-0.4, -0.2) is 27.4 Å². The summed E-state index contributed by atoms with van der Waals surface area (Å²) in [5, 5.41) is 8.00. The molecule has 114 valence electrons. The predicted octanol–water partition coefficient (Wildman–Crippen LogP) is 2.66. The quantitative estimate of drug-likeness (QED) is 0.805. The van der Waals surface area contributed by atoms with E-state index in [1.807, 2.05) is 49.0 Å². The Morgan fingerprint density at radius 2 is 2.18 bits per heavy atom. The van der Waals surface area contributed by atoms with E-state index in [4.69, 9.17) is 4.74 Å². The number of ether oxygens (including phenoxy) is 1. The molecule has 1 N–H and O–H groups in total. The maximum absolute atomic E-state index is 12.5. The highest BCUT2D eigenvalue weighted by molar-refractivity contribution is 6.06. The summed E-state index contributed by atoms with van der Waals surface area (Å²) in [6.45, 7) is 2.76. The van der Waals surface area contributed by atoms with Crippen molar-refractivity contribution in [2.24, 2.45) is 7.05 Å². The minimum atomic E-state index is -0.192. The molecular weight excluding hydrogens is 280 g/mol. The molecule has 6 heteroatoms. The van der Waals surface area contributed by atoms with E-state index in [0.717, 1.165) is 23.2 Å². The van der Waals surface area contributed by atoms with Gasteiger partial charge in [0, 0.05) is 31.2 Å². The lowest BCUT2D eigenvalue weighted by Crippen LogP contribution is -2.16. The highest BCUT2D eigenvalue weighted by Crippen LogP contribution is 2.28. The summed E-state index contributed by atoms with van der Waals surface area (Å²) in [5.41, 5.74) is 1.51. The lowest BCUT2D eigenvalue weighted by atomic mass is 10.2. The number of carbonyl (C=O) groups is 1. The number of rotatable bonds is 4. The summed E-state index contributed by atoms with van der Waals surface area (Å²) in [5.74, 6) is 1.11. The molecule has 0 fully saturated rings. The van der Waals surface area contributed by atoms with Crippen LogP contribution in [0, 0.1) is 0 Å². The van der Waals surface area contributed by atoms with Crippen LogP contribution in [0.15, 0.2) is 36.5 Å². The summed E-state index contributed by atoms with van der Waals surface area (Å²) in [6, 6.07) is 9.37.